The van der Waals surface area contributed by atoms with E-state index in [1.165, 1.54) is 10.8 Å². The van der Waals surface area contributed by atoms with Crippen LogP contribution < -0.4 is 4.68 Å². The van der Waals surface area contributed by atoms with Crippen LogP contribution in [0.5, 0.6) is 0 Å². The summed E-state index contributed by atoms with van der Waals surface area (Å²) in [5.74, 6) is 0. The van der Waals surface area contributed by atoms with Gasteiger partial charge in [-0.3, -0.25) is 0 Å². The Morgan fingerprint density at radius 2 is 2.08 bits per heavy atom. The molecule has 0 aliphatic carbocycles. The Labute approximate surface area is 77.1 Å². The number of benzene rings is 1. The van der Waals surface area contributed by atoms with Crippen molar-refractivity contribution in [3.8, 4) is 0 Å². The molecular formula is C11H11N2+. The molecule has 0 amide bonds. The van der Waals surface area contributed by atoms with Crippen LogP contribution in [0, 0.1) is 0 Å². The lowest BCUT2D eigenvalue weighted by Gasteiger charge is -1.93. The van der Waals surface area contributed by atoms with Crippen LogP contribution in [0.25, 0.3) is 10.8 Å². The zero-order chi connectivity index (χ0) is 9.10. The first-order valence-electron chi connectivity index (χ1n) is 4.25. The minimum atomic E-state index is 0.755. The van der Waals surface area contributed by atoms with Crippen molar-refractivity contribution in [1.29, 1.82) is 0 Å². The van der Waals surface area contributed by atoms with Gasteiger partial charge < -0.3 is 0 Å². The minimum Gasteiger partial charge on any atom is -0.0968 e. The van der Waals surface area contributed by atoms with Gasteiger partial charge in [-0.15, -0.1) is 0 Å². The van der Waals surface area contributed by atoms with Crippen molar-refractivity contribution < 1.29 is 4.68 Å². The first-order chi connectivity index (χ1) is 6.40. The fourth-order valence-electron chi connectivity index (χ4n) is 1.31. The molecule has 0 radical (unpaired) electrons. The smallest absolute Gasteiger partial charge is 0.0968 e. The molecule has 0 saturated carbocycles. The fraction of sp³-hybridized carbons (Fsp3) is 0.0909. The predicted molar refractivity (Wildman–Crippen MR) is 52.1 cm³/mol. The Morgan fingerprint density at radius 1 is 1.31 bits per heavy atom. The van der Waals surface area contributed by atoms with E-state index in [-0.39, 0.29) is 0 Å². The van der Waals surface area contributed by atoms with Crippen molar-refractivity contribution in [3.63, 3.8) is 0 Å². The second-order valence-corrected chi connectivity index (χ2v) is 2.91. The number of nitrogens with zero attached hydrogens (tertiary/aromatic N) is 2. The summed E-state index contributed by atoms with van der Waals surface area (Å²) in [6.45, 7) is 4.43. The summed E-state index contributed by atoms with van der Waals surface area (Å²) in [6, 6.07) is 8.18. The summed E-state index contributed by atoms with van der Waals surface area (Å²) in [4.78, 5) is 0. The van der Waals surface area contributed by atoms with Crippen LogP contribution in [0.4, 0.5) is 0 Å². The molecule has 0 fully saturated rings. The summed E-state index contributed by atoms with van der Waals surface area (Å²) in [5.41, 5.74) is 0. The maximum absolute atomic E-state index is 4.24. The molecule has 0 bridgehead atoms. The Morgan fingerprint density at radius 3 is 2.85 bits per heavy atom. The first-order valence-corrected chi connectivity index (χ1v) is 4.25. The van der Waals surface area contributed by atoms with E-state index in [2.05, 4.69) is 23.8 Å². The van der Waals surface area contributed by atoms with Crippen molar-refractivity contribution in [2.45, 2.75) is 6.54 Å². The lowest BCUT2D eigenvalue weighted by atomic mass is 10.2. The molecule has 2 aromatic rings. The van der Waals surface area contributed by atoms with Crippen LogP contribution in [-0.4, -0.2) is 5.10 Å². The molecule has 64 valence electrons. The highest BCUT2D eigenvalue weighted by Gasteiger charge is 2.00. The Balaban J connectivity index is 2.55. The second kappa shape index (κ2) is 3.35. The van der Waals surface area contributed by atoms with Crippen molar-refractivity contribution >= 4 is 10.8 Å². The third kappa shape index (κ3) is 1.56. The van der Waals surface area contributed by atoms with Gasteiger partial charge in [0.25, 0.3) is 0 Å². The van der Waals surface area contributed by atoms with Gasteiger partial charge in [-0.2, -0.15) is 0 Å². The minimum absolute atomic E-state index is 0.755. The Kier molecular flexibility index (Phi) is 2.04. The van der Waals surface area contributed by atoms with Crippen LogP contribution in [0.15, 0.2) is 49.3 Å². The number of hydrogen-bond donors (Lipinski definition) is 0. The van der Waals surface area contributed by atoms with E-state index < -0.39 is 0 Å². The average Bonchev–Trinajstić information content (AvgIpc) is 2.18. The molecule has 0 atom stereocenters. The molecule has 1 aromatic heterocycles. The fourth-order valence-corrected chi connectivity index (χ4v) is 1.31. The molecule has 0 spiro atoms. The van der Waals surface area contributed by atoms with Gasteiger partial charge in [0, 0.05) is 10.8 Å². The maximum atomic E-state index is 4.24. The maximum Gasteiger partial charge on any atom is 0.204 e. The highest BCUT2D eigenvalue weighted by molar-refractivity contribution is 5.79. The molecule has 0 N–H and O–H groups in total. The summed E-state index contributed by atoms with van der Waals surface area (Å²) in [7, 11) is 0. The van der Waals surface area contributed by atoms with E-state index in [1.54, 1.807) is 0 Å². The predicted octanol–water partition coefficient (Wildman–Crippen LogP) is 1.71. The van der Waals surface area contributed by atoms with E-state index in [4.69, 9.17) is 0 Å². The van der Waals surface area contributed by atoms with Crippen LogP contribution in [0.1, 0.15) is 0 Å². The topological polar surface area (TPSA) is 16.8 Å². The standard InChI is InChI=1S/C11H11N2/c1-2-7-13-9-11-6-4-3-5-10(11)8-12-13/h2-6,8-9H,1,7H2/q+1. The molecule has 2 rings (SSSR count). The third-order valence-electron chi connectivity index (χ3n) is 1.95. The lowest BCUT2D eigenvalue weighted by molar-refractivity contribution is -0.743. The van der Waals surface area contributed by atoms with Crippen LogP contribution in [0.2, 0.25) is 0 Å². The molecule has 0 unspecified atom stereocenters. The second-order valence-electron chi connectivity index (χ2n) is 2.91. The highest BCUT2D eigenvalue weighted by atomic mass is 15.2. The van der Waals surface area contributed by atoms with Crippen LogP contribution in [0.3, 0.4) is 0 Å². The number of fused-ring (bicyclic) bond motifs is 1. The van der Waals surface area contributed by atoms with Gasteiger partial charge in [-0.25, -0.2) is 0 Å². The van der Waals surface area contributed by atoms with Gasteiger partial charge in [-0.05, 0) is 17.2 Å². The SMILES string of the molecule is C=CC[n+]1cc2ccccc2cn1. The van der Waals surface area contributed by atoms with Gasteiger partial charge >= 0.3 is 0 Å². The molecule has 1 heterocycles. The summed E-state index contributed by atoms with van der Waals surface area (Å²) < 4.78 is 1.87. The normalized spacial score (nSPS) is 10.2. The van der Waals surface area contributed by atoms with Crippen molar-refractivity contribution in [2.24, 2.45) is 0 Å². The van der Waals surface area contributed by atoms with E-state index in [0.717, 1.165) is 6.54 Å². The number of allylic oxidation sites excluding steroid dienone is 1. The Bertz CT molecular complexity index is 435. The van der Waals surface area contributed by atoms with E-state index in [9.17, 15) is 0 Å². The summed E-state index contributed by atoms with van der Waals surface area (Å²) in [5, 5.41) is 6.62. The lowest BCUT2D eigenvalue weighted by Crippen LogP contribution is -2.36. The number of rotatable bonds is 2. The van der Waals surface area contributed by atoms with Crippen molar-refractivity contribution in [1.82, 2.24) is 5.10 Å². The molecule has 1 aromatic carbocycles. The van der Waals surface area contributed by atoms with Gasteiger partial charge in [-0.1, -0.05) is 29.5 Å². The molecular weight excluding hydrogens is 160 g/mol. The monoisotopic (exact) mass is 171 g/mol. The summed E-state index contributed by atoms with van der Waals surface area (Å²) in [6.07, 6.45) is 5.73. The van der Waals surface area contributed by atoms with E-state index in [1.807, 2.05) is 35.3 Å². The van der Waals surface area contributed by atoms with Crippen LogP contribution >= 0.6 is 0 Å². The third-order valence-corrected chi connectivity index (χ3v) is 1.95. The zero-order valence-electron chi connectivity index (χ0n) is 7.35. The van der Waals surface area contributed by atoms with Crippen molar-refractivity contribution in [2.75, 3.05) is 0 Å². The van der Waals surface area contributed by atoms with Crippen molar-refractivity contribution in [3.05, 3.63) is 49.3 Å². The molecule has 2 nitrogen and oxygen atoms in total. The number of aromatic nitrogens is 2. The highest BCUT2D eigenvalue weighted by Crippen LogP contribution is 2.07. The molecule has 0 aliphatic rings. The zero-order valence-corrected chi connectivity index (χ0v) is 7.35. The number of hydrogen-bond acceptors (Lipinski definition) is 1. The molecule has 13 heavy (non-hydrogen) atoms. The first kappa shape index (κ1) is 7.92. The molecule has 0 aliphatic heterocycles. The summed E-state index contributed by atoms with van der Waals surface area (Å²) >= 11 is 0. The largest absolute Gasteiger partial charge is 0.204 e. The van der Waals surface area contributed by atoms with E-state index >= 15 is 0 Å². The average molecular weight is 171 g/mol. The van der Waals surface area contributed by atoms with Gasteiger partial charge in [0.1, 0.15) is 6.20 Å². The van der Waals surface area contributed by atoms with Gasteiger partial charge in [0.15, 0.2) is 6.54 Å². The van der Waals surface area contributed by atoms with E-state index in [0.29, 0.717) is 0 Å². The molecule has 0 saturated heterocycles. The van der Waals surface area contributed by atoms with Gasteiger partial charge in [0.05, 0.1) is 0 Å². The quantitative estimate of drug-likeness (QED) is 0.496. The Hall–Kier alpha value is -1.70. The van der Waals surface area contributed by atoms with Crippen LogP contribution in [-0.2, 0) is 6.54 Å². The van der Waals surface area contributed by atoms with Gasteiger partial charge in [0.2, 0.25) is 6.20 Å². The molecule has 2 heteroatoms.